The third-order valence-electron chi connectivity index (χ3n) is 1.90. The lowest BCUT2D eigenvalue weighted by Crippen LogP contribution is -2.38. The van der Waals surface area contributed by atoms with Crippen LogP contribution in [0.25, 0.3) is 0 Å². The SMILES string of the molecule is C#CC[C@H](O)[C@@H](OCCCO)[C@H](O)C=C. The van der Waals surface area contributed by atoms with Crippen molar-refractivity contribution in [3.63, 3.8) is 0 Å². The summed E-state index contributed by atoms with van der Waals surface area (Å²) < 4.78 is 5.22. The zero-order chi connectivity index (χ0) is 11.7. The minimum atomic E-state index is -0.966. The van der Waals surface area contributed by atoms with Crippen LogP contribution in [0.2, 0.25) is 0 Å². The van der Waals surface area contributed by atoms with Crippen LogP contribution < -0.4 is 0 Å². The zero-order valence-electron chi connectivity index (χ0n) is 8.67. The molecule has 3 N–H and O–H groups in total. The maximum Gasteiger partial charge on any atom is 0.114 e. The van der Waals surface area contributed by atoms with Gasteiger partial charge in [0.05, 0.1) is 6.10 Å². The van der Waals surface area contributed by atoms with Gasteiger partial charge in [-0.1, -0.05) is 6.08 Å². The summed E-state index contributed by atoms with van der Waals surface area (Å²) in [5.74, 6) is 2.29. The third-order valence-corrected chi connectivity index (χ3v) is 1.90. The molecule has 15 heavy (non-hydrogen) atoms. The summed E-state index contributed by atoms with van der Waals surface area (Å²) in [7, 11) is 0. The predicted molar refractivity (Wildman–Crippen MR) is 57.1 cm³/mol. The lowest BCUT2D eigenvalue weighted by Gasteiger charge is -2.24. The van der Waals surface area contributed by atoms with Crippen molar-refractivity contribution in [3.05, 3.63) is 12.7 Å². The van der Waals surface area contributed by atoms with Crippen LogP contribution in [0.4, 0.5) is 0 Å². The van der Waals surface area contributed by atoms with E-state index in [9.17, 15) is 10.2 Å². The summed E-state index contributed by atoms with van der Waals surface area (Å²) in [6, 6.07) is 0. The highest BCUT2D eigenvalue weighted by Gasteiger charge is 2.25. The zero-order valence-corrected chi connectivity index (χ0v) is 8.67. The van der Waals surface area contributed by atoms with E-state index < -0.39 is 18.3 Å². The second-order valence-electron chi connectivity index (χ2n) is 3.11. The molecule has 0 heterocycles. The highest BCUT2D eigenvalue weighted by Crippen LogP contribution is 2.10. The molecule has 0 aliphatic rings. The van der Waals surface area contributed by atoms with E-state index in [0.717, 1.165) is 0 Å². The first-order chi connectivity index (χ1) is 7.17. The summed E-state index contributed by atoms with van der Waals surface area (Å²) in [6.45, 7) is 3.67. The van der Waals surface area contributed by atoms with Gasteiger partial charge >= 0.3 is 0 Å². The first kappa shape index (κ1) is 14.1. The number of aliphatic hydroxyl groups is 3. The Balaban J connectivity index is 4.18. The molecule has 0 aliphatic heterocycles. The van der Waals surface area contributed by atoms with Crippen LogP contribution in [0.3, 0.4) is 0 Å². The van der Waals surface area contributed by atoms with Crippen LogP contribution in [0.5, 0.6) is 0 Å². The second kappa shape index (κ2) is 8.45. The van der Waals surface area contributed by atoms with Crippen molar-refractivity contribution in [2.45, 2.75) is 31.2 Å². The van der Waals surface area contributed by atoms with E-state index in [1.807, 2.05) is 0 Å². The normalized spacial score (nSPS) is 16.4. The molecule has 3 atom stereocenters. The highest BCUT2D eigenvalue weighted by atomic mass is 16.5. The fourth-order valence-electron chi connectivity index (χ4n) is 1.09. The molecule has 0 unspecified atom stereocenters. The summed E-state index contributed by atoms with van der Waals surface area (Å²) in [5, 5.41) is 27.6. The third kappa shape index (κ3) is 5.55. The molecule has 0 amide bonds. The summed E-state index contributed by atoms with van der Waals surface area (Å²) in [5.41, 5.74) is 0. The van der Waals surface area contributed by atoms with Gasteiger partial charge in [-0.15, -0.1) is 18.9 Å². The van der Waals surface area contributed by atoms with Crippen molar-refractivity contribution in [1.82, 2.24) is 0 Å². The van der Waals surface area contributed by atoms with Gasteiger partial charge in [0.15, 0.2) is 0 Å². The Morgan fingerprint density at radius 2 is 2.13 bits per heavy atom. The summed E-state index contributed by atoms with van der Waals surface area (Å²) >= 11 is 0. The average Bonchev–Trinajstić information content (AvgIpc) is 2.23. The molecule has 0 aromatic carbocycles. The minimum absolute atomic E-state index is 0.00212. The van der Waals surface area contributed by atoms with Crippen LogP contribution in [0.15, 0.2) is 12.7 Å². The summed E-state index contributed by atoms with van der Waals surface area (Å²) in [4.78, 5) is 0. The molecule has 4 nitrogen and oxygen atoms in total. The molecule has 0 aromatic heterocycles. The van der Waals surface area contributed by atoms with Gasteiger partial charge in [0.25, 0.3) is 0 Å². The van der Waals surface area contributed by atoms with Crippen LogP contribution in [-0.2, 0) is 4.74 Å². The Labute approximate surface area is 90.2 Å². The van der Waals surface area contributed by atoms with Crippen molar-refractivity contribution >= 4 is 0 Å². The lowest BCUT2D eigenvalue weighted by atomic mass is 10.1. The van der Waals surface area contributed by atoms with Crippen LogP contribution in [-0.4, -0.2) is 46.8 Å². The fraction of sp³-hybridized carbons (Fsp3) is 0.636. The van der Waals surface area contributed by atoms with Crippen LogP contribution >= 0.6 is 0 Å². The van der Waals surface area contributed by atoms with E-state index in [1.165, 1.54) is 6.08 Å². The quantitative estimate of drug-likeness (QED) is 0.294. The van der Waals surface area contributed by atoms with Gasteiger partial charge in [0.2, 0.25) is 0 Å². The molecule has 0 bridgehead atoms. The molecule has 0 saturated heterocycles. The molecule has 4 heteroatoms. The monoisotopic (exact) mass is 214 g/mol. The van der Waals surface area contributed by atoms with Gasteiger partial charge < -0.3 is 20.1 Å². The topological polar surface area (TPSA) is 69.9 Å². The molecular formula is C11H18O4. The van der Waals surface area contributed by atoms with E-state index >= 15 is 0 Å². The Morgan fingerprint density at radius 3 is 2.60 bits per heavy atom. The largest absolute Gasteiger partial charge is 0.396 e. The van der Waals surface area contributed by atoms with E-state index in [1.54, 1.807) is 0 Å². The van der Waals surface area contributed by atoms with E-state index in [-0.39, 0.29) is 19.6 Å². The van der Waals surface area contributed by atoms with E-state index in [4.69, 9.17) is 16.3 Å². The minimum Gasteiger partial charge on any atom is -0.396 e. The maximum atomic E-state index is 9.57. The Morgan fingerprint density at radius 1 is 1.47 bits per heavy atom. The number of rotatable bonds is 8. The van der Waals surface area contributed by atoms with E-state index in [2.05, 4.69) is 12.5 Å². The summed E-state index contributed by atoms with van der Waals surface area (Å²) in [6.07, 6.45) is 4.20. The molecule has 0 saturated carbocycles. The van der Waals surface area contributed by atoms with Gasteiger partial charge in [-0.05, 0) is 6.42 Å². The molecular weight excluding hydrogens is 196 g/mol. The van der Waals surface area contributed by atoms with Gasteiger partial charge in [0, 0.05) is 19.6 Å². The lowest BCUT2D eigenvalue weighted by molar-refractivity contribution is -0.0855. The van der Waals surface area contributed by atoms with Gasteiger partial charge in [-0.2, -0.15) is 0 Å². The fourth-order valence-corrected chi connectivity index (χ4v) is 1.09. The Bertz CT molecular complexity index is 209. The molecule has 0 aliphatic carbocycles. The predicted octanol–water partition coefficient (Wildman–Crippen LogP) is -0.315. The highest BCUT2D eigenvalue weighted by molar-refractivity contribution is 4.95. The molecule has 0 fully saturated rings. The number of ether oxygens (including phenoxy) is 1. The second-order valence-corrected chi connectivity index (χ2v) is 3.11. The Kier molecular flexibility index (Phi) is 7.96. The standard InChI is InChI=1S/C11H18O4/c1-3-6-10(14)11(9(13)4-2)15-8-5-7-12/h1,4,9-14H,2,5-8H2/t9-,10+,11+/m1/s1. The van der Waals surface area contributed by atoms with Crippen LogP contribution in [0, 0.1) is 12.3 Å². The number of hydrogen-bond donors (Lipinski definition) is 3. The molecule has 0 spiro atoms. The molecule has 0 aromatic rings. The molecule has 86 valence electrons. The van der Waals surface area contributed by atoms with Crippen molar-refractivity contribution in [2.75, 3.05) is 13.2 Å². The maximum absolute atomic E-state index is 9.57. The van der Waals surface area contributed by atoms with Gasteiger partial charge in [-0.3, -0.25) is 0 Å². The van der Waals surface area contributed by atoms with Gasteiger partial charge in [-0.25, -0.2) is 0 Å². The number of terminal acetylenes is 1. The average molecular weight is 214 g/mol. The number of aliphatic hydroxyl groups excluding tert-OH is 3. The molecule has 0 radical (unpaired) electrons. The van der Waals surface area contributed by atoms with Crippen LogP contribution in [0.1, 0.15) is 12.8 Å². The molecule has 0 rings (SSSR count). The van der Waals surface area contributed by atoms with Gasteiger partial charge in [0.1, 0.15) is 12.2 Å². The van der Waals surface area contributed by atoms with Crippen molar-refractivity contribution in [1.29, 1.82) is 0 Å². The van der Waals surface area contributed by atoms with Crippen molar-refractivity contribution in [2.24, 2.45) is 0 Å². The first-order valence-electron chi connectivity index (χ1n) is 4.82. The first-order valence-corrected chi connectivity index (χ1v) is 4.82. The van der Waals surface area contributed by atoms with E-state index in [0.29, 0.717) is 6.42 Å². The Hall–Kier alpha value is -0.860. The smallest absolute Gasteiger partial charge is 0.114 e. The number of hydrogen-bond acceptors (Lipinski definition) is 4. The van der Waals surface area contributed by atoms with Crippen molar-refractivity contribution < 1.29 is 20.1 Å². The van der Waals surface area contributed by atoms with Crippen molar-refractivity contribution in [3.8, 4) is 12.3 Å².